The quantitative estimate of drug-likeness (QED) is 0.819. The molecule has 2 saturated carbocycles. The van der Waals surface area contributed by atoms with Crippen molar-refractivity contribution in [3.63, 3.8) is 0 Å². The van der Waals surface area contributed by atoms with Crippen LogP contribution >= 0.6 is 12.4 Å². The summed E-state index contributed by atoms with van der Waals surface area (Å²) in [6.45, 7) is 1.72. The monoisotopic (exact) mass is 260 g/mol. The van der Waals surface area contributed by atoms with Crippen LogP contribution in [0.5, 0.6) is 0 Å². The van der Waals surface area contributed by atoms with E-state index in [1.54, 1.807) is 0 Å². The van der Waals surface area contributed by atoms with Crippen molar-refractivity contribution in [2.45, 2.75) is 32.1 Å². The number of halogens is 1. The van der Waals surface area contributed by atoms with E-state index in [0.717, 1.165) is 31.3 Å². The van der Waals surface area contributed by atoms with Gasteiger partial charge in [0.2, 0.25) is 5.91 Å². The fourth-order valence-corrected chi connectivity index (χ4v) is 3.41. The van der Waals surface area contributed by atoms with Crippen LogP contribution in [0.25, 0.3) is 0 Å². The molecule has 0 aromatic rings. The molecule has 100 valence electrons. The van der Waals surface area contributed by atoms with Gasteiger partial charge >= 0.3 is 0 Å². The van der Waals surface area contributed by atoms with Crippen molar-refractivity contribution in [3.05, 3.63) is 0 Å². The Hall–Kier alpha value is -0.280. The van der Waals surface area contributed by atoms with Gasteiger partial charge in [-0.05, 0) is 44.1 Å². The van der Waals surface area contributed by atoms with E-state index >= 15 is 0 Å². The number of carbonyl (C=O) groups is 1. The Labute approximate surface area is 111 Å². The summed E-state index contributed by atoms with van der Waals surface area (Å²) in [7, 11) is 3.85. The molecule has 2 aliphatic rings. The first-order valence-corrected chi connectivity index (χ1v) is 6.59. The molecule has 4 heteroatoms. The van der Waals surface area contributed by atoms with Gasteiger partial charge in [0.15, 0.2) is 0 Å². The zero-order chi connectivity index (χ0) is 11.5. The average molecular weight is 261 g/mol. The van der Waals surface area contributed by atoms with Crippen LogP contribution in [-0.4, -0.2) is 38.0 Å². The minimum Gasteiger partial charge on any atom is -0.344 e. The average Bonchev–Trinajstić information content (AvgIpc) is 2.87. The molecule has 0 aromatic heterocycles. The Kier molecular flexibility index (Phi) is 5.74. The number of amides is 1. The molecule has 3 atom stereocenters. The lowest BCUT2D eigenvalue weighted by Crippen LogP contribution is -2.34. The molecule has 1 amide bonds. The molecule has 1 N–H and O–H groups in total. The lowest BCUT2D eigenvalue weighted by Gasteiger charge is -2.24. The van der Waals surface area contributed by atoms with Crippen LogP contribution in [0, 0.1) is 17.8 Å². The first-order chi connectivity index (χ1) is 7.70. The summed E-state index contributed by atoms with van der Waals surface area (Å²) >= 11 is 0. The predicted octanol–water partition coefficient (Wildman–Crippen LogP) is 1.91. The highest BCUT2D eigenvalue weighted by atomic mass is 35.5. The molecule has 3 nitrogen and oxygen atoms in total. The number of nitrogens with one attached hydrogen (secondary N) is 1. The highest BCUT2D eigenvalue weighted by Crippen LogP contribution is 2.49. The highest BCUT2D eigenvalue weighted by Gasteiger charge is 2.40. The molecule has 0 aromatic carbocycles. The van der Waals surface area contributed by atoms with Gasteiger partial charge in [-0.2, -0.15) is 0 Å². The summed E-state index contributed by atoms with van der Waals surface area (Å²) in [4.78, 5) is 13.9. The van der Waals surface area contributed by atoms with E-state index in [2.05, 4.69) is 5.32 Å². The summed E-state index contributed by atoms with van der Waals surface area (Å²) in [5.41, 5.74) is 0. The first-order valence-electron chi connectivity index (χ1n) is 6.59. The van der Waals surface area contributed by atoms with Gasteiger partial charge in [-0.1, -0.05) is 6.42 Å². The second kappa shape index (κ2) is 6.60. The Morgan fingerprint density at radius 3 is 2.65 bits per heavy atom. The van der Waals surface area contributed by atoms with E-state index in [1.807, 2.05) is 19.0 Å². The van der Waals surface area contributed by atoms with E-state index in [4.69, 9.17) is 0 Å². The molecule has 0 heterocycles. The SMILES string of the molecule is CNCCN(C)C(=O)CC1CC2CCC1C2.Cl. The molecule has 2 rings (SSSR count). The van der Waals surface area contributed by atoms with Gasteiger partial charge in [0.25, 0.3) is 0 Å². The third-order valence-electron chi connectivity index (χ3n) is 4.44. The van der Waals surface area contributed by atoms with Crippen molar-refractivity contribution in [2.75, 3.05) is 27.2 Å². The van der Waals surface area contributed by atoms with Crippen LogP contribution in [0.15, 0.2) is 0 Å². The first kappa shape index (κ1) is 14.8. The number of nitrogens with zero attached hydrogens (tertiary/aromatic N) is 1. The Bertz CT molecular complexity index is 260. The Balaban J connectivity index is 0.00000144. The van der Waals surface area contributed by atoms with Crippen molar-refractivity contribution < 1.29 is 4.79 Å². The lowest BCUT2D eigenvalue weighted by atomic mass is 9.86. The van der Waals surface area contributed by atoms with Gasteiger partial charge in [0.1, 0.15) is 0 Å². The number of likely N-dealkylation sites (N-methyl/N-ethyl adjacent to an activating group) is 2. The predicted molar refractivity (Wildman–Crippen MR) is 72.4 cm³/mol. The van der Waals surface area contributed by atoms with E-state index in [-0.39, 0.29) is 12.4 Å². The van der Waals surface area contributed by atoms with Crippen LogP contribution in [0.3, 0.4) is 0 Å². The standard InChI is InChI=1S/C13H24N2O.ClH/c1-14-5-6-15(2)13(16)9-12-8-10-3-4-11(12)7-10;/h10-12,14H,3-9H2,1-2H3;1H. The topological polar surface area (TPSA) is 32.3 Å². The van der Waals surface area contributed by atoms with Crippen LogP contribution in [0.1, 0.15) is 32.1 Å². The van der Waals surface area contributed by atoms with E-state index in [0.29, 0.717) is 11.8 Å². The summed E-state index contributed by atoms with van der Waals surface area (Å²) < 4.78 is 0. The number of fused-ring (bicyclic) bond motifs is 2. The van der Waals surface area contributed by atoms with Gasteiger partial charge in [-0.25, -0.2) is 0 Å². The van der Waals surface area contributed by atoms with E-state index < -0.39 is 0 Å². The third-order valence-corrected chi connectivity index (χ3v) is 4.44. The smallest absolute Gasteiger partial charge is 0.222 e. The van der Waals surface area contributed by atoms with Gasteiger partial charge in [0.05, 0.1) is 0 Å². The van der Waals surface area contributed by atoms with Crippen molar-refractivity contribution in [1.82, 2.24) is 10.2 Å². The number of rotatable bonds is 5. The summed E-state index contributed by atoms with van der Waals surface area (Å²) in [5, 5.41) is 3.08. The molecule has 0 spiro atoms. The van der Waals surface area contributed by atoms with Crippen LogP contribution in [0.2, 0.25) is 0 Å². The number of carbonyl (C=O) groups excluding carboxylic acids is 1. The molecular formula is C13H25ClN2O. The highest BCUT2D eigenvalue weighted by molar-refractivity contribution is 5.85. The van der Waals surface area contributed by atoms with Crippen molar-refractivity contribution in [3.8, 4) is 0 Å². The van der Waals surface area contributed by atoms with E-state index in [9.17, 15) is 4.79 Å². The van der Waals surface area contributed by atoms with Crippen molar-refractivity contribution >= 4 is 18.3 Å². The minimum absolute atomic E-state index is 0. The fraction of sp³-hybridized carbons (Fsp3) is 0.923. The Morgan fingerprint density at radius 1 is 1.35 bits per heavy atom. The molecule has 3 unspecified atom stereocenters. The largest absolute Gasteiger partial charge is 0.344 e. The molecule has 0 aliphatic heterocycles. The van der Waals surface area contributed by atoms with Gasteiger partial charge in [-0.3, -0.25) is 4.79 Å². The molecule has 0 radical (unpaired) electrons. The second-order valence-electron chi connectivity index (χ2n) is 5.56. The maximum atomic E-state index is 12.0. The van der Waals surface area contributed by atoms with Gasteiger partial charge in [0, 0.05) is 26.6 Å². The second-order valence-corrected chi connectivity index (χ2v) is 5.56. The van der Waals surface area contributed by atoms with Crippen molar-refractivity contribution in [1.29, 1.82) is 0 Å². The molecule has 0 saturated heterocycles. The van der Waals surface area contributed by atoms with Crippen molar-refractivity contribution in [2.24, 2.45) is 17.8 Å². The van der Waals surface area contributed by atoms with Crippen LogP contribution in [-0.2, 0) is 4.79 Å². The fourth-order valence-electron chi connectivity index (χ4n) is 3.41. The maximum absolute atomic E-state index is 12.0. The maximum Gasteiger partial charge on any atom is 0.222 e. The molecule has 2 aliphatic carbocycles. The van der Waals surface area contributed by atoms with Gasteiger partial charge in [-0.15, -0.1) is 12.4 Å². The zero-order valence-electron chi connectivity index (χ0n) is 10.9. The third kappa shape index (κ3) is 3.59. The molecule has 17 heavy (non-hydrogen) atoms. The Morgan fingerprint density at radius 2 is 2.12 bits per heavy atom. The summed E-state index contributed by atoms with van der Waals surface area (Å²) in [5.74, 6) is 2.85. The zero-order valence-corrected chi connectivity index (χ0v) is 11.8. The molecular weight excluding hydrogens is 236 g/mol. The summed E-state index contributed by atoms with van der Waals surface area (Å²) in [6.07, 6.45) is 6.31. The number of hydrogen-bond donors (Lipinski definition) is 1. The summed E-state index contributed by atoms with van der Waals surface area (Å²) in [6, 6.07) is 0. The molecule has 2 fully saturated rings. The van der Waals surface area contributed by atoms with Crippen LogP contribution < -0.4 is 5.32 Å². The normalized spacial score (nSPS) is 30.1. The number of hydrogen-bond acceptors (Lipinski definition) is 2. The minimum atomic E-state index is 0. The van der Waals surface area contributed by atoms with Gasteiger partial charge < -0.3 is 10.2 Å². The lowest BCUT2D eigenvalue weighted by molar-refractivity contribution is -0.131. The van der Waals surface area contributed by atoms with Crippen LogP contribution in [0.4, 0.5) is 0 Å². The molecule has 2 bridgehead atoms. The van der Waals surface area contributed by atoms with E-state index in [1.165, 1.54) is 25.7 Å².